The Balaban J connectivity index is 1.60. The van der Waals surface area contributed by atoms with Crippen molar-refractivity contribution in [3.05, 3.63) is 60.2 Å². The second kappa shape index (κ2) is 11.5. The van der Waals surface area contributed by atoms with E-state index < -0.39 is 35.4 Å². The van der Waals surface area contributed by atoms with Gasteiger partial charge in [0.1, 0.15) is 5.78 Å². The highest BCUT2D eigenvalue weighted by Crippen LogP contribution is 2.44. The van der Waals surface area contributed by atoms with E-state index in [1.54, 1.807) is 26.0 Å². The molecule has 3 rings (SSSR count). The molecule has 2 aromatic rings. The van der Waals surface area contributed by atoms with Crippen LogP contribution in [0.25, 0.3) is 10.8 Å². The van der Waals surface area contributed by atoms with Crippen LogP contribution in [-0.4, -0.2) is 39.3 Å². The number of aliphatic hydroxyl groups is 2. The zero-order valence-corrected chi connectivity index (χ0v) is 19.9. The van der Waals surface area contributed by atoms with E-state index in [-0.39, 0.29) is 12.2 Å². The fraction of sp³-hybridized carbons (Fsp3) is 0.448. The fourth-order valence-corrected chi connectivity index (χ4v) is 4.63. The first-order valence-corrected chi connectivity index (χ1v) is 11.9. The third-order valence-corrected chi connectivity index (χ3v) is 6.78. The maximum atomic E-state index is 12.9. The first-order chi connectivity index (χ1) is 16.2. The van der Waals surface area contributed by atoms with Gasteiger partial charge in [0.15, 0.2) is 0 Å². The lowest BCUT2D eigenvalue weighted by molar-refractivity contribution is -0.137. The topological polar surface area (TPSA) is 94.8 Å². The Morgan fingerprint density at radius 2 is 1.88 bits per heavy atom. The standard InChI is InChI=1S/C29H34O5/c1-29(2)27(33)24(11-5-3-4-6-12-26(31)32)25(28(29)34)18-17-23(30)16-14-20-13-15-21-9-7-8-10-22(21)19-20/h7-10,13,15,17-19,23-25,28,30,34H,4,6,11-12,14,16H2,1-2H3,(H,31,32)/t23-,24+,25+,28-/m0/s1. The van der Waals surface area contributed by atoms with Gasteiger partial charge < -0.3 is 15.3 Å². The van der Waals surface area contributed by atoms with E-state index in [9.17, 15) is 19.8 Å². The molecule has 0 unspecified atom stereocenters. The molecule has 0 bridgehead atoms. The van der Waals surface area contributed by atoms with Gasteiger partial charge >= 0.3 is 5.97 Å². The predicted molar refractivity (Wildman–Crippen MR) is 133 cm³/mol. The van der Waals surface area contributed by atoms with Gasteiger partial charge in [0.2, 0.25) is 0 Å². The van der Waals surface area contributed by atoms with Gasteiger partial charge in [-0.2, -0.15) is 0 Å². The van der Waals surface area contributed by atoms with E-state index in [4.69, 9.17) is 5.11 Å². The van der Waals surface area contributed by atoms with E-state index in [1.807, 2.05) is 12.1 Å². The summed E-state index contributed by atoms with van der Waals surface area (Å²) in [5.41, 5.74) is 0.278. The Labute approximate surface area is 201 Å². The Morgan fingerprint density at radius 3 is 2.62 bits per heavy atom. The number of hydrogen-bond donors (Lipinski definition) is 3. The molecule has 5 heteroatoms. The Kier molecular flexibility index (Phi) is 8.66. The second-order valence-corrected chi connectivity index (χ2v) is 9.69. The first kappa shape index (κ1) is 25.7. The highest BCUT2D eigenvalue weighted by molar-refractivity contribution is 5.90. The number of aliphatic carboxylic acids is 1. The van der Waals surface area contributed by atoms with Crippen molar-refractivity contribution in [3.8, 4) is 11.8 Å². The SMILES string of the molecule is CC1(C)C(=O)[C@H](CC#CCCCC(=O)O)[C@@H](C=C[C@@H](O)CCc2ccc3ccccc3c2)[C@@H]1O. The second-order valence-electron chi connectivity index (χ2n) is 9.69. The van der Waals surface area contributed by atoms with Crippen LogP contribution in [0.3, 0.4) is 0 Å². The third kappa shape index (κ3) is 6.34. The van der Waals surface area contributed by atoms with Crippen LogP contribution in [0, 0.1) is 29.1 Å². The van der Waals surface area contributed by atoms with Crippen LogP contribution in [0.5, 0.6) is 0 Å². The van der Waals surface area contributed by atoms with E-state index in [0.717, 1.165) is 12.0 Å². The minimum atomic E-state index is -0.874. The number of carbonyl (C=O) groups is 2. The van der Waals surface area contributed by atoms with E-state index in [0.29, 0.717) is 25.7 Å². The number of carbonyl (C=O) groups excluding carboxylic acids is 1. The molecular formula is C29H34O5. The molecular weight excluding hydrogens is 428 g/mol. The monoisotopic (exact) mass is 462 g/mol. The summed E-state index contributed by atoms with van der Waals surface area (Å²) in [7, 11) is 0. The van der Waals surface area contributed by atoms with Gasteiger partial charge in [0.05, 0.1) is 17.6 Å². The van der Waals surface area contributed by atoms with Gasteiger partial charge in [-0.15, -0.1) is 11.8 Å². The van der Waals surface area contributed by atoms with Crippen LogP contribution in [0.4, 0.5) is 0 Å². The van der Waals surface area contributed by atoms with Crippen LogP contribution in [0.2, 0.25) is 0 Å². The van der Waals surface area contributed by atoms with E-state index in [1.165, 1.54) is 10.8 Å². The summed E-state index contributed by atoms with van der Waals surface area (Å²) in [5, 5.41) is 32.4. The van der Waals surface area contributed by atoms with Crippen molar-refractivity contribution in [1.29, 1.82) is 0 Å². The Morgan fingerprint density at radius 1 is 1.15 bits per heavy atom. The first-order valence-electron chi connectivity index (χ1n) is 11.9. The lowest BCUT2D eigenvalue weighted by atomic mass is 9.86. The fourth-order valence-electron chi connectivity index (χ4n) is 4.63. The molecule has 0 radical (unpaired) electrons. The maximum absolute atomic E-state index is 12.9. The normalized spacial score (nSPS) is 22.6. The molecule has 0 heterocycles. The molecule has 0 spiro atoms. The summed E-state index contributed by atoms with van der Waals surface area (Å²) in [6.45, 7) is 3.49. The summed E-state index contributed by atoms with van der Waals surface area (Å²) in [4.78, 5) is 23.5. The number of Topliss-reactive ketones (excluding diaryl/α,β-unsaturated/α-hetero) is 1. The van der Waals surface area contributed by atoms with Crippen molar-refractivity contribution < 1.29 is 24.9 Å². The predicted octanol–water partition coefficient (Wildman–Crippen LogP) is 4.54. The number of benzene rings is 2. The number of rotatable bonds is 9. The average Bonchev–Trinajstić information content (AvgIpc) is 2.97. The molecule has 0 saturated heterocycles. The summed E-state index contributed by atoms with van der Waals surface area (Å²) in [6, 6.07) is 14.5. The van der Waals surface area contributed by atoms with Gasteiger partial charge in [0.25, 0.3) is 0 Å². The number of ketones is 1. The highest BCUT2D eigenvalue weighted by Gasteiger charge is 2.53. The molecule has 34 heavy (non-hydrogen) atoms. The molecule has 3 N–H and O–H groups in total. The van der Waals surface area contributed by atoms with Gasteiger partial charge in [-0.3, -0.25) is 9.59 Å². The van der Waals surface area contributed by atoms with Gasteiger partial charge in [0, 0.05) is 31.1 Å². The summed E-state index contributed by atoms with van der Waals surface area (Å²) >= 11 is 0. The molecule has 1 saturated carbocycles. The van der Waals surface area contributed by atoms with Crippen LogP contribution in [0.15, 0.2) is 54.6 Å². The molecule has 180 valence electrons. The highest BCUT2D eigenvalue weighted by atomic mass is 16.4. The van der Waals surface area contributed by atoms with Gasteiger partial charge in [-0.25, -0.2) is 0 Å². The zero-order chi connectivity index (χ0) is 24.7. The van der Waals surface area contributed by atoms with E-state index in [2.05, 4.69) is 42.2 Å². The van der Waals surface area contributed by atoms with Crippen molar-refractivity contribution in [2.45, 2.75) is 64.6 Å². The van der Waals surface area contributed by atoms with Crippen molar-refractivity contribution >= 4 is 22.5 Å². The van der Waals surface area contributed by atoms with Crippen LogP contribution >= 0.6 is 0 Å². The smallest absolute Gasteiger partial charge is 0.303 e. The quantitative estimate of drug-likeness (QED) is 0.289. The van der Waals surface area contributed by atoms with Crippen molar-refractivity contribution in [1.82, 2.24) is 0 Å². The molecule has 0 aliphatic heterocycles. The molecule has 2 aromatic carbocycles. The molecule has 0 aromatic heterocycles. The molecule has 5 nitrogen and oxygen atoms in total. The number of aryl methyl sites for hydroxylation is 1. The molecule has 1 fully saturated rings. The lowest BCUT2D eigenvalue weighted by Crippen LogP contribution is -2.31. The number of aliphatic hydroxyl groups excluding tert-OH is 2. The number of carboxylic acids is 1. The van der Waals surface area contributed by atoms with Gasteiger partial charge in [-0.1, -0.05) is 68.5 Å². The molecule has 1 aliphatic carbocycles. The van der Waals surface area contributed by atoms with Crippen molar-refractivity contribution in [2.24, 2.45) is 17.3 Å². The Hall–Kier alpha value is -2.94. The minimum absolute atomic E-state index is 0.0276. The molecule has 4 atom stereocenters. The average molecular weight is 463 g/mol. The summed E-state index contributed by atoms with van der Waals surface area (Å²) in [6.07, 6.45) is 4.54. The van der Waals surface area contributed by atoms with Crippen LogP contribution in [0.1, 0.15) is 51.5 Å². The number of carboxylic acid groups (broad SMARTS) is 1. The number of fused-ring (bicyclic) bond motifs is 1. The van der Waals surface area contributed by atoms with Gasteiger partial charge in [-0.05, 0) is 35.6 Å². The number of unbranched alkanes of at least 4 members (excludes halogenated alkanes) is 1. The molecule has 0 amide bonds. The zero-order valence-electron chi connectivity index (χ0n) is 19.9. The largest absolute Gasteiger partial charge is 0.481 e. The summed E-state index contributed by atoms with van der Waals surface area (Å²) < 4.78 is 0. The summed E-state index contributed by atoms with van der Waals surface area (Å²) in [5.74, 6) is 4.22. The Bertz CT molecular complexity index is 1100. The lowest BCUT2D eigenvalue weighted by Gasteiger charge is -2.22. The third-order valence-electron chi connectivity index (χ3n) is 6.78. The van der Waals surface area contributed by atoms with Crippen molar-refractivity contribution in [3.63, 3.8) is 0 Å². The van der Waals surface area contributed by atoms with Crippen molar-refractivity contribution in [2.75, 3.05) is 0 Å². The van der Waals surface area contributed by atoms with Crippen LogP contribution < -0.4 is 0 Å². The molecule has 1 aliphatic rings. The van der Waals surface area contributed by atoms with E-state index >= 15 is 0 Å². The minimum Gasteiger partial charge on any atom is -0.481 e. The van der Waals surface area contributed by atoms with Crippen LogP contribution in [-0.2, 0) is 16.0 Å². The number of hydrogen-bond acceptors (Lipinski definition) is 4. The maximum Gasteiger partial charge on any atom is 0.303 e.